The Hall–Kier alpha value is -0.790. The maximum absolute atomic E-state index is 11.8. The van der Waals surface area contributed by atoms with Crippen LogP contribution in [0.1, 0.15) is 18.7 Å². The number of hydrogen-bond donors (Lipinski definition) is 1. The maximum Gasteiger partial charge on any atom is 0.169 e. The van der Waals surface area contributed by atoms with E-state index in [4.69, 9.17) is 0 Å². The molecule has 1 unspecified atom stereocenters. The van der Waals surface area contributed by atoms with Crippen LogP contribution in [0.25, 0.3) is 0 Å². The van der Waals surface area contributed by atoms with Crippen molar-refractivity contribution in [3.63, 3.8) is 0 Å². The van der Waals surface area contributed by atoms with E-state index in [1.165, 1.54) is 6.26 Å². The highest BCUT2D eigenvalue weighted by molar-refractivity contribution is 8.01. The third-order valence-electron chi connectivity index (χ3n) is 3.11. The lowest BCUT2D eigenvalue weighted by Crippen LogP contribution is -2.47. The summed E-state index contributed by atoms with van der Waals surface area (Å²) in [5, 5.41) is 8.94. The smallest absolute Gasteiger partial charge is 0.169 e. The van der Waals surface area contributed by atoms with E-state index >= 15 is 0 Å². The van der Waals surface area contributed by atoms with Crippen molar-refractivity contribution in [2.75, 3.05) is 29.2 Å². The van der Waals surface area contributed by atoms with Crippen molar-refractivity contribution in [3.8, 4) is 0 Å². The van der Waals surface area contributed by atoms with E-state index in [9.17, 15) is 13.5 Å². The predicted octanol–water partition coefficient (Wildman–Crippen LogP) is 1.06. The molecule has 0 saturated carbocycles. The molecule has 2 heterocycles. The molecule has 1 aromatic heterocycles. The molecule has 0 amide bonds. The highest BCUT2D eigenvalue weighted by atomic mass is 32.2. The van der Waals surface area contributed by atoms with Gasteiger partial charge < -0.3 is 10.0 Å². The Balaban J connectivity index is 2.27. The van der Waals surface area contributed by atoms with Gasteiger partial charge in [0.25, 0.3) is 0 Å². The summed E-state index contributed by atoms with van der Waals surface area (Å²) in [5.74, 6) is 1.49. The predicted molar refractivity (Wildman–Crippen MR) is 78.2 cm³/mol. The summed E-state index contributed by atoms with van der Waals surface area (Å²) < 4.78 is 23.7. The van der Waals surface area contributed by atoms with Gasteiger partial charge in [-0.2, -0.15) is 11.8 Å². The maximum atomic E-state index is 11.8. The highest BCUT2D eigenvalue weighted by Crippen LogP contribution is 2.26. The average Bonchev–Trinajstić information content (AvgIpc) is 2.38. The fraction of sp³-hybridized carbons (Fsp3) is 0.583. The normalized spacial score (nSPS) is 22.3. The Morgan fingerprint density at radius 2 is 2.26 bits per heavy atom. The lowest BCUT2D eigenvalue weighted by molar-refractivity contribution is 0.194. The molecule has 2 atom stereocenters. The molecular formula is C12H18N2O3S2. The molecule has 1 saturated heterocycles. The molecule has 2 rings (SSSR count). The topological polar surface area (TPSA) is 70.5 Å². The number of hydrogen-bond acceptors (Lipinski definition) is 6. The first kappa shape index (κ1) is 14.6. The number of nitrogens with zero attached hydrogens (tertiary/aromatic N) is 2. The van der Waals surface area contributed by atoms with Gasteiger partial charge in [0.15, 0.2) is 9.84 Å². The molecule has 5 nitrogen and oxygen atoms in total. The summed E-state index contributed by atoms with van der Waals surface area (Å²) in [6.45, 7) is 2.34. The third-order valence-corrected chi connectivity index (χ3v) is 5.75. The Kier molecular flexibility index (Phi) is 4.37. The largest absolute Gasteiger partial charge is 0.387 e. The summed E-state index contributed by atoms with van der Waals surface area (Å²) in [6.07, 6.45) is 2.29. The molecule has 1 aliphatic heterocycles. The number of aliphatic hydroxyl groups is 1. The second-order valence-corrected chi connectivity index (χ2v) is 8.02. The fourth-order valence-electron chi connectivity index (χ4n) is 2.05. The van der Waals surface area contributed by atoms with E-state index in [0.29, 0.717) is 18.0 Å². The standard InChI is InChI=1S/C12H18N2O3S2/c1-9(15)11-4-3-10(7-13-11)14-5-6-18-8-12(14)19(2,16)17/h3-4,7,9,12,15H,5-6,8H2,1-2H3/t9-,12?/m0/s1. The number of aromatic nitrogens is 1. The molecule has 1 aliphatic rings. The molecule has 1 N–H and O–H groups in total. The quantitative estimate of drug-likeness (QED) is 0.900. The second-order valence-electron chi connectivity index (χ2n) is 4.67. The summed E-state index contributed by atoms with van der Waals surface area (Å²) >= 11 is 1.66. The highest BCUT2D eigenvalue weighted by Gasteiger charge is 2.31. The summed E-state index contributed by atoms with van der Waals surface area (Å²) in [7, 11) is -3.12. The molecule has 1 aromatic rings. The number of thioether (sulfide) groups is 1. The van der Waals surface area contributed by atoms with Gasteiger partial charge in [0.05, 0.1) is 23.7 Å². The molecule has 1 fully saturated rings. The van der Waals surface area contributed by atoms with Crippen LogP contribution < -0.4 is 4.90 Å². The van der Waals surface area contributed by atoms with Gasteiger partial charge in [0.1, 0.15) is 5.37 Å². The molecule has 0 aromatic carbocycles. The fourth-order valence-corrected chi connectivity index (χ4v) is 4.89. The van der Waals surface area contributed by atoms with Crippen molar-refractivity contribution in [2.45, 2.75) is 18.4 Å². The molecular weight excluding hydrogens is 284 g/mol. The molecule has 19 heavy (non-hydrogen) atoms. The number of anilines is 1. The van der Waals surface area contributed by atoms with Gasteiger partial charge in [0, 0.05) is 24.3 Å². The van der Waals surface area contributed by atoms with Crippen molar-refractivity contribution in [1.29, 1.82) is 0 Å². The first-order valence-electron chi connectivity index (χ1n) is 6.07. The van der Waals surface area contributed by atoms with Gasteiger partial charge in [-0.25, -0.2) is 8.42 Å². The molecule has 0 bridgehead atoms. The van der Waals surface area contributed by atoms with E-state index in [2.05, 4.69) is 4.98 Å². The van der Waals surface area contributed by atoms with Gasteiger partial charge in [-0.15, -0.1) is 0 Å². The van der Waals surface area contributed by atoms with Crippen molar-refractivity contribution in [2.24, 2.45) is 0 Å². The van der Waals surface area contributed by atoms with Crippen molar-refractivity contribution >= 4 is 27.3 Å². The van der Waals surface area contributed by atoms with Crippen LogP contribution in [-0.2, 0) is 9.84 Å². The zero-order valence-electron chi connectivity index (χ0n) is 11.0. The SMILES string of the molecule is C[C@H](O)c1ccc(N2CCSCC2S(C)(=O)=O)cn1. The van der Waals surface area contributed by atoms with Crippen LogP contribution in [0.3, 0.4) is 0 Å². The minimum atomic E-state index is -3.12. The Bertz CT molecular complexity index is 528. The van der Waals surface area contributed by atoms with E-state index in [-0.39, 0.29) is 0 Å². The lowest BCUT2D eigenvalue weighted by atomic mass is 10.2. The molecule has 0 radical (unpaired) electrons. The number of pyridine rings is 1. The Labute approximate surface area is 118 Å². The van der Waals surface area contributed by atoms with E-state index in [0.717, 1.165) is 11.4 Å². The Morgan fingerprint density at radius 1 is 1.53 bits per heavy atom. The van der Waals surface area contributed by atoms with E-state index < -0.39 is 21.3 Å². The van der Waals surface area contributed by atoms with Gasteiger partial charge >= 0.3 is 0 Å². The van der Waals surface area contributed by atoms with Crippen molar-refractivity contribution in [1.82, 2.24) is 4.98 Å². The van der Waals surface area contributed by atoms with Gasteiger partial charge in [-0.1, -0.05) is 0 Å². The lowest BCUT2D eigenvalue weighted by Gasteiger charge is -2.35. The zero-order valence-corrected chi connectivity index (χ0v) is 12.6. The van der Waals surface area contributed by atoms with Crippen LogP contribution in [-0.4, -0.2) is 48.2 Å². The van der Waals surface area contributed by atoms with Crippen molar-refractivity contribution in [3.05, 3.63) is 24.0 Å². The minimum absolute atomic E-state index is 0.495. The van der Waals surface area contributed by atoms with E-state index in [1.807, 2.05) is 11.0 Å². The monoisotopic (exact) mass is 302 g/mol. The number of rotatable bonds is 3. The minimum Gasteiger partial charge on any atom is -0.387 e. The van der Waals surface area contributed by atoms with Crippen LogP contribution in [0.2, 0.25) is 0 Å². The van der Waals surface area contributed by atoms with Gasteiger partial charge in [0.2, 0.25) is 0 Å². The summed E-state index contributed by atoms with van der Waals surface area (Å²) in [4.78, 5) is 6.06. The van der Waals surface area contributed by atoms with Crippen LogP contribution in [0, 0.1) is 0 Å². The van der Waals surface area contributed by atoms with Gasteiger partial charge in [-0.3, -0.25) is 4.98 Å². The second kappa shape index (κ2) is 5.68. The van der Waals surface area contributed by atoms with E-state index in [1.54, 1.807) is 30.9 Å². The third kappa shape index (κ3) is 3.40. The zero-order chi connectivity index (χ0) is 14.0. The van der Waals surface area contributed by atoms with Crippen molar-refractivity contribution < 1.29 is 13.5 Å². The summed E-state index contributed by atoms with van der Waals surface area (Å²) in [6, 6.07) is 3.56. The van der Waals surface area contributed by atoms with Crippen LogP contribution in [0.5, 0.6) is 0 Å². The first-order valence-corrected chi connectivity index (χ1v) is 9.18. The van der Waals surface area contributed by atoms with Crippen LogP contribution >= 0.6 is 11.8 Å². The first-order chi connectivity index (χ1) is 8.89. The molecule has 0 spiro atoms. The molecule has 0 aliphatic carbocycles. The van der Waals surface area contributed by atoms with Crippen LogP contribution in [0.15, 0.2) is 18.3 Å². The average molecular weight is 302 g/mol. The van der Waals surface area contributed by atoms with Crippen LogP contribution in [0.4, 0.5) is 5.69 Å². The molecule has 7 heteroatoms. The van der Waals surface area contributed by atoms with Gasteiger partial charge in [-0.05, 0) is 19.1 Å². The summed E-state index contributed by atoms with van der Waals surface area (Å²) in [5.41, 5.74) is 1.38. The number of aliphatic hydroxyl groups excluding tert-OH is 1. The molecule has 106 valence electrons. The number of sulfone groups is 1. The Morgan fingerprint density at radius 3 is 2.79 bits per heavy atom.